The lowest BCUT2D eigenvalue weighted by atomic mass is 10.1. The van der Waals surface area contributed by atoms with Gasteiger partial charge in [0.25, 0.3) is 0 Å². The Bertz CT molecular complexity index is 964. The summed E-state index contributed by atoms with van der Waals surface area (Å²) in [6.07, 6.45) is -2.52. The highest BCUT2D eigenvalue weighted by molar-refractivity contribution is 7.15. The van der Waals surface area contributed by atoms with Crippen molar-refractivity contribution in [3.05, 3.63) is 58.1 Å². The minimum atomic E-state index is -4.37. The topological polar surface area (TPSA) is 72.7 Å². The van der Waals surface area contributed by atoms with E-state index in [1.54, 1.807) is 26.1 Å². The molecule has 0 saturated heterocycles. The first kappa shape index (κ1) is 19.0. The van der Waals surface area contributed by atoms with Gasteiger partial charge in [-0.1, -0.05) is 18.2 Å². The van der Waals surface area contributed by atoms with Crippen molar-refractivity contribution in [2.24, 2.45) is 0 Å². The van der Waals surface area contributed by atoms with Crippen molar-refractivity contribution in [1.29, 1.82) is 0 Å². The zero-order chi connectivity index (χ0) is 19.6. The van der Waals surface area contributed by atoms with Gasteiger partial charge < -0.3 is 5.32 Å². The second-order valence-electron chi connectivity index (χ2n) is 5.92. The van der Waals surface area contributed by atoms with Crippen molar-refractivity contribution in [3.8, 4) is 0 Å². The number of nitrogens with zero attached hydrogens (tertiary/aromatic N) is 4. The van der Waals surface area contributed by atoms with Crippen LogP contribution in [0.4, 0.5) is 18.3 Å². The molecule has 0 bridgehead atoms. The van der Waals surface area contributed by atoms with Gasteiger partial charge in [0.15, 0.2) is 5.13 Å². The first-order chi connectivity index (χ1) is 12.7. The number of aryl methyl sites for hydroxylation is 2. The molecule has 0 aliphatic carbocycles. The maximum atomic E-state index is 12.8. The third-order valence-corrected chi connectivity index (χ3v) is 4.60. The summed E-state index contributed by atoms with van der Waals surface area (Å²) in [5.41, 5.74) is -0.156. The highest BCUT2D eigenvalue weighted by Crippen LogP contribution is 2.30. The van der Waals surface area contributed by atoms with Crippen LogP contribution in [0.15, 0.2) is 30.5 Å². The van der Waals surface area contributed by atoms with Crippen molar-refractivity contribution in [2.75, 3.05) is 5.32 Å². The largest absolute Gasteiger partial charge is 0.416 e. The molecule has 3 aromatic rings. The predicted octanol–water partition coefficient (Wildman–Crippen LogP) is 3.60. The Morgan fingerprint density at radius 3 is 2.74 bits per heavy atom. The summed E-state index contributed by atoms with van der Waals surface area (Å²) in [7, 11) is 0. The lowest BCUT2D eigenvalue weighted by Crippen LogP contribution is -2.20. The SMILES string of the molecule is Cc1nc(C)n(CC(=O)Nc2ncc(Cc3cccc(C(F)(F)F)c3)s2)n1. The summed E-state index contributed by atoms with van der Waals surface area (Å²) in [6.45, 7) is 3.50. The molecule has 0 atom stereocenters. The van der Waals surface area contributed by atoms with Gasteiger partial charge in [-0.05, 0) is 25.5 Å². The summed E-state index contributed by atoms with van der Waals surface area (Å²) in [5, 5.41) is 7.17. The molecule has 0 aliphatic heterocycles. The van der Waals surface area contributed by atoms with Gasteiger partial charge in [-0.25, -0.2) is 14.6 Å². The van der Waals surface area contributed by atoms with Gasteiger partial charge in [-0.2, -0.15) is 18.3 Å². The van der Waals surface area contributed by atoms with Crippen LogP contribution in [0.1, 0.15) is 27.7 Å². The Labute approximate surface area is 157 Å². The molecular weight excluding hydrogens is 379 g/mol. The highest BCUT2D eigenvalue weighted by Gasteiger charge is 2.30. The number of hydrogen-bond acceptors (Lipinski definition) is 5. The van der Waals surface area contributed by atoms with E-state index in [-0.39, 0.29) is 12.5 Å². The second kappa shape index (κ2) is 7.47. The molecule has 27 heavy (non-hydrogen) atoms. The van der Waals surface area contributed by atoms with E-state index in [4.69, 9.17) is 0 Å². The van der Waals surface area contributed by atoms with E-state index < -0.39 is 11.7 Å². The molecule has 1 N–H and O–H groups in total. The fourth-order valence-corrected chi connectivity index (χ4v) is 3.37. The molecule has 0 unspecified atom stereocenters. The van der Waals surface area contributed by atoms with Crippen LogP contribution >= 0.6 is 11.3 Å². The Balaban J connectivity index is 1.63. The summed E-state index contributed by atoms with van der Waals surface area (Å²) in [6, 6.07) is 5.16. The minimum absolute atomic E-state index is 0.00914. The molecule has 0 saturated carbocycles. The molecule has 0 fully saturated rings. The number of aromatic nitrogens is 4. The lowest BCUT2D eigenvalue weighted by Gasteiger charge is -2.07. The normalized spacial score (nSPS) is 11.6. The molecule has 142 valence electrons. The molecule has 2 heterocycles. The van der Waals surface area contributed by atoms with E-state index in [1.807, 2.05) is 0 Å². The number of rotatable bonds is 5. The van der Waals surface area contributed by atoms with Crippen LogP contribution in [0.25, 0.3) is 0 Å². The third-order valence-electron chi connectivity index (χ3n) is 3.69. The van der Waals surface area contributed by atoms with Crippen molar-refractivity contribution >= 4 is 22.4 Å². The lowest BCUT2D eigenvalue weighted by molar-refractivity contribution is -0.137. The molecule has 3 rings (SSSR count). The number of benzene rings is 1. The number of carbonyl (C=O) groups is 1. The van der Waals surface area contributed by atoms with Gasteiger partial charge in [-0.15, -0.1) is 11.3 Å². The van der Waals surface area contributed by atoms with Crippen LogP contribution < -0.4 is 5.32 Å². The number of carbonyl (C=O) groups excluding carboxylic acids is 1. The summed E-state index contributed by atoms with van der Waals surface area (Å²) < 4.78 is 39.9. The van der Waals surface area contributed by atoms with Crippen LogP contribution in [-0.2, 0) is 23.9 Å². The third kappa shape index (κ3) is 4.91. The van der Waals surface area contributed by atoms with Crippen LogP contribution in [0, 0.1) is 13.8 Å². The monoisotopic (exact) mass is 395 g/mol. The Morgan fingerprint density at radius 2 is 2.07 bits per heavy atom. The fraction of sp³-hybridized carbons (Fsp3) is 0.294. The zero-order valence-electron chi connectivity index (χ0n) is 14.5. The number of thiazole rings is 1. The van der Waals surface area contributed by atoms with Gasteiger partial charge >= 0.3 is 6.18 Å². The van der Waals surface area contributed by atoms with E-state index in [2.05, 4.69) is 20.4 Å². The first-order valence-electron chi connectivity index (χ1n) is 7.99. The maximum absolute atomic E-state index is 12.8. The number of alkyl halides is 3. The van der Waals surface area contributed by atoms with Gasteiger partial charge in [-0.3, -0.25) is 4.79 Å². The van der Waals surface area contributed by atoms with Crippen molar-refractivity contribution < 1.29 is 18.0 Å². The Kier molecular flexibility index (Phi) is 5.26. The minimum Gasteiger partial charge on any atom is -0.300 e. The second-order valence-corrected chi connectivity index (χ2v) is 7.03. The van der Waals surface area contributed by atoms with E-state index >= 15 is 0 Å². The number of nitrogens with one attached hydrogen (secondary N) is 1. The number of halogens is 3. The van der Waals surface area contributed by atoms with E-state index in [1.165, 1.54) is 22.1 Å². The predicted molar refractivity (Wildman–Crippen MR) is 94.5 cm³/mol. The molecule has 1 aromatic carbocycles. The average Bonchev–Trinajstić information content (AvgIpc) is 3.13. The number of anilines is 1. The van der Waals surface area contributed by atoms with Gasteiger partial charge in [0.05, 0.1) is 5.56 Å². The van der Waals surface area contributed by atoms with E-state index in [9.17, 15) is 18.0 Å². The summed E-state index contributed by atoms with van der Waals surface area (Å²) in [4.78, 5) is 21.1. The molecule has 10 heteroatoms. The molecule has 6 nitrogen and oxygen atoms in total. The molecule has 2 aromatic heterocycles. The average molecular weight is 395 g/mol. The molecule has 1 amide bonds. The smallest absolute Gasteiger partial charge is 0.300 e. The first-order valence-corrected chi connectivity index (χ1v) is 8.81. The summed E-state index contributed by atoms with van der Waals surface area (Å²) >= 11 is 1.22. The van der Waals surface area contributed by atoms with Crippen molar-refractivity contribution in [3.63, 3.8) is 0 Å². The molecule has 0 aliphatic rings. The van der Waals surface area contributed by atoms with Crippen LogP contribution in [0.5, 0.6) is 0 Å². The molecular formula is C17H16F3N5OS. The van der Waals surface area contributed by atoms with Crippen LogP contribution in [0.3, 0.4) is 0 Å². The Morgan fingerprint density at radius 1 is 1.30 bits per heavy atom. The van der Waals surface area contributed by atoms with E-state index in [0.29, 0.717) is 28.8 Å². The fourth-order valence-electron chi connectivity index (χ4n) is 2.51. The number of amides is 1. The van der Waals surface area contributed by atoms with E-state index in [0.717, 1.165) is 17.0 Å². The zero-order valence-corrected chi connectivity index (χ0v) is 15.4. The quantitative estimate of drug-likeness (QED) is 0.717. The van der Waals surface area contributed by atoms with Crippen LogP contribution in [0.2, 0.25) is 0 Å². The van der Waals surface area contributed by atoms with Gasteiger partial charge in [0.1, 0.15) is 18.2 Å². The molecule has 0 radical (unpaired) electrons. The van der Waals surface area contributed by atoms with Gasteiger partial charge in [0, 0.05) is 17.5 Å². The highest BCUT2D eigenvalue weighted by atomic mass is 32.1. The summed E-state index contributed by atoms with van der Waals surface area (Å²) in [5.74, 6) is 0.910. The molecule has 0 spiro atoms. The standard InChI is InChI=1S/C17H16F3N5OS/c1-10-22-11(2)25(24-10)9-15(26)23-16-21-8-14(27-16)7-12-4-3-5-13(6-12)17(18,19)20/h3-6,8H,7,9H2,1-2H3,(H,21,23,26). The van der Waals surface area contributed by atoms with Gasteiger partial charge in [0.2, 0.25) is 5.91 Å². The Hall–Kier alpha value is -2.75. The van der Waals surface area contributed by atoms with Crippen molar-refractivity contribution in [1.82, 2.24) is 19.7 Å². The van der Waals surface area contributed by atoms with Crippen molar-refractivity contribution in [2.45, 2.75) is 33.0 Å². The maximum Gasteiger partial charge on any atom is 0.416 e. The number of hydrogen-bond donors (Lipinski definition) is 1. The van der Waals surface area contributed by atoms with Crippen LogP contribution in [-0.4, -0.2) is 25.7 Å².